The van der Waals surface area contributed by atoms with Gasteiger partial charge >= 0.3 is 5.97 Å². The van der Waals surface area contributed by atoms with Crippen LogP contribution in [0, 0.1) is 0 Å². The van der Waals surface area contributed by atoms with Crippen LogP contribution >= 0.6 is 35.8 Å². The van der Waals surface area contributed by atoms with Crippen LogP contribution < -0.4 is 0 Å². The van der Waals surface area contributed by atoms with Gasteiger partial charge in [0.1, 0.15) is 5.25 Å². The average molecular weight is 287 g/mol. The van der Waals surface area contributed by atoms with Crippen molar-refractivity contribution < 1.29 is 9.90 Å². The van der Waals surface area contributed by atoms with Crippen LogP contribution in [0.15, 0.2) is 30.3 Å². The molecule has 2 aromatic rings. The molecule has 0 aliphatic heterocycles. The zero-order chi connectivity index (χ0) is 12.6. The molecule has 1 atom stereocenters. The van der Waals surface area contributed by atoms with Gasteiger partial charge in [0, 0.05) is 20.8 Å². The average Bonchev–Trinajstić information content (AvgIpc) is 2.32. The smallest absolute Gasteiger partial charge is 0.320 e. The number of hydrogen-bond acceptors (Lipinski definition) is 2. The van der Waals surface area contributed by atoms with Crippen molar-refractivity contribution in [3.63, 3.8) is 0 Å². The maximum absolute atomic E-state index is 11.0. The number of aliphatic carboxylic acids is 1. The highest BCUT2D eigenvalue weighted by atomic mass is 35.5. The minimum absolute atomic E-state index is 0.473. The first-order chi connectivity index (χ1) is 8.02. The van der Waals surface area contributed by atoms with Crippen LogP contribution in [0.3, 0.4) is 0 Å². The Bertz CT molecular complexity index is 598. The lowest BCUT2D eigenvalue weighted by Crippen LogP contribution is -2.05. The minimum atomic E-state index is -1.02. The summed E-state index contributed by atoms with van der Waals surface area (Å²) in [4.78, 5) is 11.0. The van der Waals surface area contributed by atoms with Gasteiger partial charge in [-0.3, -0.25) is 4.79 Å². The van der Waals surface area contributed by atoms with Crippen molar-refractivity contribution >= 4 is 52.6 Å². The monoisotopic (exact) mass is 286 g/mol. The fourth-order valence-corrected chi connectivity index (χ4v) is 2.43. The molecule has 0 saturated heterocycles. The Morgan fingerprint density at radius 1 is 1.18 bits per heavy atom. The van der Waals surface area contributed by atoms with Gasteiger partial charge in [0.15, 0.2) is 0 Å². The molecule has 17 heavy (non-hydrogen) atoms. The molecule has 0 heterocycles. The number of thiol groups is 1. The molecule has 1 N–H and O–H groups in total. The summed E-state index contributed by atoms with van der Waals surface area (Å²) in [6.45, 7) is 0. The fraction of sp³-hybridized carbons (Fsp3) is 0.0833. The summed E-state index contributed by atoms with van der Waals surface area (Å²) >= 11 is 16.2. The van der Waals surface area contributed by atoms with E-state index in [1.807, 2.05) is 0 Å². The topological polar surface area (TPSA) is 37.3 Å². The van der Waals surface area contributed by atoms with Crippen LogP contribution in [0.5, 0.6) is 0 Å². The normalized spacial score (nSPS) is 12.6. The second kappa shape index (κ2) is 4.77. The zero-order valence-corrected chi connectivity index (χ0v) is 10.9. The molecule has 0 aliphatic rings. The number of halogens is 2. The first-order valence-electron chi connectivity index (χ1n) is 4.80. The third-order valence-electron chi connectivity index (χ3n) is 2.50. The Hall–Kier alpha value is -0.900. The van der Waals surface area contributed by atoms with E-state index in [1.54, 1.807) is 30.3 Å². The van der Waals surface area contributed by atoms with Gasteiger partial charge in [0.2, 0.25) is 0 Å². The van der Waals surface area contributed by atoms with Gasteiger partial charge in [-0.1, -0.05) is 41.4 Å². The molecule has 0 aromatic heterocycles. The second-order valence-corrected chi connectivity index (χ2v) is 4.87. The number of hydrogen-bond donors (Lipinski definition) is 2. The number of carbonyl (C=O) groups is 1. The van der Waals surface area contributed by atoms with Gasteiger partial charge in [-0.05, 0) is 17.7 Å². The summed E-state index contributed by atoms with van der Waals surface area (Å²) in [6, 6.07) is 8.57. The van der Waals surface area contributed by atoms with Gasteiger partial charge in [-0.15, -0.1) is 0 Å². The van der Waals surface area contributed by atoms with E-state index in [2.05, 4.69) is 12.6 Å². The van der Waals surface area contributed by atoms with Crippen molar-refractivity contribution in [1.29, 1.82) is 0 Å². The fourth-order valence-electron chi connectivity index (χ4n) is 1.72. The number of rotatable bonds is 2. The molecule has 0 fully saturated rings. The molecule has 0 aliphatic carbocycles. The number of carboxylic acid groups (broad SMARTS) is 1. The lowest BCUT2D eigenvalue weighted by molar-refractivity contribution is -0.136. The van der Waals surface area contributed by atoms with Crippen LogP contribution in [-0.4, -0.2) is 11.1 Å². The molecule has 1 unspecified atom stereocenters. The molecule has 2 aromatic carbocycles. The molecular weight excluding hydrogens is 279 g/mol. The van der Waals surface area contributed by atoms with Crippen molar-refractivity contribution in [2.75, 3.05) is 0 Å². The maximum atomic E-state index is 11.0. The van der Waals surface area contributed by atoms with Gasteiger partial charge in [-0.25, -0.2) is 0 Å². The van der Waals surface area contributed by atoms with Gasteiger partial charge in [0.25, 0.3) is 0 Å². The summed E-state index contributed by atoms with van der Waals surface area (Å²) in [5, 5.41) is 10.5. The quantitative estimate of drug-likeness (QED) is 0.812. The number of benzene rings is 2. The third-order valence-corrected chi connectivity index (χ3v) is 3.64. The van der Waals surface area contributed by atoms with E-state index in [1.165, 1.54) is 0 Å². The number of carboxylic acids is 1. The Kier molecular flexibility index (Phi) is 3.52. The molecule has 0 spiro atoms. The van der Waals surface area contributed by atoms with Crippen LogP contribution in [0.1, 0.15) is 10.8 Å². The summed E-state index contributed by atoms with van der Waals surface area (Å²) in [5.74, 6) is -1.02. The van der Waals surface area contributed by atoms with E-state index in [0.29, 0.717) is 21.0 Å². The molecule has 0 bridgehead atoms. The zero-order valence-electron chi connectivity index (χ0n) is 8.52. The predicted octanol–water partition coefficient (Wildman–Crippen LogP) is 4.20. The van der Waals surface area contributed by atoms with E-state index >= 15 is 0 Å². The van der Waals surface area contributed by atoms with Gasteiger partial charge < -0.3 is 5.11 Å². The standard InChI is InChI=1S/C12H8Cl2O2S/c13-8-4-5-9(14)10-6(8)2-1-3-7(10)11(17)12(15)16/h1-5,11,17H,(H,15,16). The molecule has 0 amide bonds. The highest BCUT2D eigenvalue weighted by Crippen LogP contribution is 2.36. The van der Waals surface area contributed by atoms with Gasteiger partial charge in [0.05, 0.1) is 0 Å². The Balaban J connectivity index is 2.81. The van der Waals surface area contributed by atoms with Crippen LogP contribution in [-0.2, 0) is 4.79 Å². The van der Waals surface area contributed by atoms with E-state index in [-0.39, 0.29) is 0 Å². The van der Waals surface area contributed by atoms with Crippen molar-refractivity contribution in [1.82, 2.24) is 0 Å². The predicted molar refractivity (Wildman–Crippen MR) is 73.3 cm³/mol. The van der Waals surface area contributed by atoms with E-state index < -0.39 is 11.2 Å². The van der Waals surface area contributed by atoms with E-state index in [4.69, 9.17) is 28.3 Å². The lowest BCUT2D eigenvalue weighted by atomic mass is 10.0. The van der Waals surface area contributed by atoms with Crippen molar-refractivity contribution in [2.24, 2.45) is 0 Å². The van der Waals surface area contributed by atoms with Crippen molar-refractivity contribution in [2.45, 2.75) is 5.25 Å². The third kappa shape index (κ3) is 2.23. The van der Waals surface area contributed by atoms with Crippen LogP contribution in [0.25, 0.3) is 10.8 Å². The van der Waals surface area contributed by atoms with Gasteiger partial charge in [-0.2, -0.15) is 12.6 Å². The lowest BCUT2D eigenvalue weighted by Gasteiger charge is -2.12. The molecule has 5 heteroatoms. The minimum Gasteiger partial charge on any atom is -0.480 e. The molecule has 88 valence electrons. The molecule has 0 radical (unpaired) electrons. The first kappa shape index (κ1) is 12.6. The summed E-state index contributed by atoms with van der Waals surface area (Å²) in [7, 11) is 0. The highest BCUT2D eigenvalue weighted by Gasteiger charge is 2.19. The van der Waals surface area contributed by atoms with E-state index in [0.717, 1.165) is 5.39 Å². The first-order valence-corrected chi connectivity index (χ1v) is 6.07. The largest absolute Gasteiger partial charge is 0.480 e. The summed E-state index contributed by atoms with van der Waals surface area (Å²) < 4.78 is 0. The summed E-state index contributed by atoms with van der Waals surface area (Å²) in [5.41, 5.74) is 0.547. The molecule has 2 nitrogen and oxygen atoms in total. The highest BCUT2D eigenvalue weighted by molar-refractivity contribution is 7.81. The van der Waals surface area contributed by atoms with E-state index in [9.17, 15) is 4.79 Å². The Labute approximate surface area is 114 Å². The number of fused-ring (bicyclic) bond motifs is 1. The molecule has 2 rings (SSSR count). The van der Waals surface area contributed by atoms with Crippen molar-refractivity contribution in [3.8, 4) is 0 Å². The van der Waals surface area contributed by atoms with Crippen molar-refractivity contribution in [3.05, 3.63) is 45.9 Å². The maximum Gasteiger partial charge on any atom is 0.320 e. The Morgan fingerprint density at radius 3 is 2.47 bits per heavy atom. The molecular formula is C12H8Cl2O2S. The Morgan fingerprint density at radius 2 is 1.82 bits per heavy atom. The SMILES string of the molecule is O=C(O)C(S)c1cccc2c(Cl)ccc(Cl)c12. The summed E-state index contributed by atoms with van der Waals surface area (Å²) in [6.07, 6.45) is 0. The van der Waals surface area contributed by atoms with Crippen LogP contribution in [0.2, 0.25) is 10.0 Å². The molecule has 0 saturated carbocycles. The second-order valence-electron chi connectivity index (χ2n) is 3.54. The van der Waals surface area contributed by atoms with Crippen LogP contribution in [0.4, 0.5) is 0 Å².